The molecule has 5 N–H and O–H groups in total. The number of carboxylic acid groups (broad SMARTS) is 1. The number of aromatic nitrogens is 3. The van der Waals surface area contributed by atoms with E-state index in [1.807, 2.05) is 28.9 Å². The molecule has 0 spiro atoms. The van der Waals surface area contributed by atoms with Crippen molar-refractivity contribution < 1.29 is 14.6 Å². The predicted octanol–water partition coefficient (Wildman–Crippen LogP) is 3.06. The molecule has 3 aromatic rings. The lowest BCUT2D eigenvalue weighted by atomic mass is 10.1. The Balaban J connectivity index is 1.62. The lowest BCUT2D eigenvalue weighted by molar-refractivity contribution is -0.0383. The summed E-state index contributed by atoms with van der Waals surface area (Å²) in [4.78, 5) is 15.1. The fraction of sp³-hybridized carbons (Fsp3) is 0.350. The maximum atomic E-state index is 10.6. The minimum Gasteiger partial charge on any atom is -0.465 e. The highest BCUT2D eigenvalue weighted by Crippen LogP contribution is 2.32. The van der Waals surface area contributed by atoms with Crippen LogP contribution in [0.15, 0.2) is 36.5 Å². The lowest BCUT2D eigenvalue weighted by Gasteiger charge is -2.24. The summed E-state index contributed by atoms with van der Waals surface area (Å²) in [6.07, 6.45) is 3.86. The van der Waals surface area contributed by atoms with Crippen molar-refractivity contribution in [2.24, 2.45) is 0 Å². The summed E-state index contributed by atoms with van der Waals surface area (Å²) in [6, 6.07) is 9.73. The highest BCUT2D eigenvalue weighted by Gasteiger charge is 2.20. The first-order valence-corrected chi connectivity index (χ1v) is 9.68. The Kier molecular flexibility index (Phi) is 5.48. The molecule has 0 bridgehead atoms. The van der Waals surface area contributed by atoms with Crippen molar-refractivity contribution in [3.05, 3.63) is 36.5 Å². The minimum absolute atomic E-state index is 0.0442. The molecule has 1 fully saturated rings. The summed E-state index contributed by atoms with van der Waals surface area (Å²) < 4.78 is 7.82. The topological polar surface area (TPSA) is 127 Å². The lowest BCUT2D eigenvalue weighted by Crippen LogP contribution is -2.27. The number of anilines is 2. The number of nitrogens with zero attached hydrogens (tertiary/aromatic N) is 3. The number of hydrogen-bond donors (Lipinski definition) is 4. The van der Waals surface area contributed by atoms with Gasteiger partial charge in [-0.05, 0) is 31.4 Å². The van der Waals surface area contributed by atoms with Gasteiger partial charge in [0.2, 0.25) is 0 Å². The van der Waals surface area contributed by atoms with Gasteiger partial charge in [0.05, 0.1) is 11.2 Å². The standard InChI is InChI=1S/C20H24N6O3/c21-18-12-15(22-8-9-23-20(27)28)14-5-4-13(11-16(14)25-18)17-6-7-24-26(17)19-3-1-2-10-29-19/h4-7,11-12,19,23H,1-3,8-10H2,(H,27,28)(H3,21,22,25). The first kappa shape index (κ1) is 19.0. The molecule has 9 nitrogen and oxygen atoms in total. The number of pyridine rings is 1. The SMILES string of the molecule is Nc1cc(NCCNC(=O)O)c2ccc(-c3ccnn3C3CCCCO3)cc2n1. The molecule has 29 heavy (non-hydrogen) atoms. The summed E-state index contributed by atoms with van der Waals surface area (Å²) in [5, 5.41) is 19.6. The minimum atomic E-state index is -1.05. The van der Waals surface area contributed by atoms with E-state index < -0.39 is 6.09 Å². The van der Waals surface area contributed by atoms with E-state index in [2.05, 4.69) is 20.7 Å². The van der Waals surface area contributed by atoms with Crippen molar-refractivity contribution in [1.29, 1.82) is 0 Å². The zero-order chi connectivity index (χ0) is 20.2. The van der Waals surface area contributed by atoms with Gasteiger partial charge in [-0.1, -0.05) is 12.1 Å². The van der Waals surface area contributed by atoms with Crippen LogP contribution >= 0.6 is 0 Å². The highest BCUT2D eigenvalue weighted by molar-refractivity contribution is 5.95. The molecule has 3 heterocycles. The predicted molar refractivity (Wildman–Crippen MR) is 111 cm³/mol. The first-order valence-electron chi connectivity index (χ1n) is 9.68. The number of benzene rings is 1. The third-order valence-electron chi connectivity index (χ3n) is 4.94. The molecule has 2 aromatic heterocycles. The van der Waals surface area contributed by atoms with E-state index in [0.29, 0.717) is 12.4 Å². The molecule has 9 heteroatoms. The molecule has 0 saturated carbocycles. The number of carbonyl (C=O) groups is 1. The van der Waals surface area contributed by atoms with E-state index in [4.69, 9.17) is 15.6 Å². The van der Waals surface area contributed by atoms with E-state index in [-0.39, 0.29) is 12.8 Å². The van der Waals surface area contributed by atoms with Crippen molar-refractivity contribution in [2.45, 2.75) is 25.5 Å². The van der Waals surface area contributed by atoms with Gasteiger partial charge in [0.1, 0.15) is 5.82 Å². The number of ether oxygens (including phenoxy) is 1. The van der Waals surface area contributed by atoms with Crippen molar-refractivity contribution in [1.82, 2.24) is 20.1 Å². The molecule has 1 saturated heterocycles. The van der Waals surface area contributed by atoms with Crippen LogP contribution in [0.2, 0.25) is 0 Å². The van der Waals surface area contributed by atoms with Crippen LogP contribution in [-0.2, 0) is 4.74 Å². The number of amides is 1. The summed E-state index contributed by atoms with van der Waals surface area (Å²) >= 11 is 0. The molecule has 4 rings (SSSR count). The largest absolute Gasteiger partial charge is 0.465 e. The summed E-state index contributed by atoms with van der Waals surface area (Å²) in [7, 11) is 0. The Morgan fingerprint density at radius 1 is 1.28 bits per heavy atom. The average Bonchev–Trinajstić information content (AvgIpc) is 3.21. The van der Waals surface area contributed by atoms with Gasteiger partial charge >= 0.3 is 6.09 Å². The van der Waals surface area contributed by atoms with E-state index in [0.717, 1.165) is 53.7 Å². The highest BCUT2D eigenvalue weighted by atomic mass is 16.5. The van der Waals surface area contributed by atoms with Crippen molar-refractivity contribution in [2.75, 3.05) is 30.7 Å². The van der Waals surface area contributed by atoms with Crippen molar-refractivity contribution >= 4 is 28.5 Å². The fourth-order valence-electron chi connectivity index (χ4n) is 3.61. The molecule has 152 valence electrons. The number of rotatable bonds is 6. The van der Waals surface area contributed by atoms with E-state index in [1.165, 1.54) is 0 Å². The number of nitrogens with two attached hydrogens (primary N) is 1. The monoisotopic (exact) mass is 396 g/mol. The first-order chi connectivity index (χ1) is 14.1. The van der Waals surface area contributed by atoms with Crippen molar-refractivity contribution in [3.63, 3.8) is 0 Å². The van der Waals surface area contributed by atoms with Gasteiger partial charge < -0.3 is 26.2 Å². The van der Waals surface area contributed by atoms with Crippen LogP contribution in [0.5, 0.6) is 0 Å². The van der Waals surface area contributed by atoms with Crippen LogP contribution in [-0.4, -0.2) is 45.7 Å². The van der Waals surface area contributed by atoms with E-state index in [9.17, 15) is 4.79 Å². The normalized spacial score (nSPS) is 16.6. The average molecular weight is 396 g/mol. The Morgan fingerprint density at radius 3 is 2.97 bits per heavy atom. The van der Waals surface area contributed by atoms with Gasteiger partial charge in [0.25, 0.3) is 0 Å². The number of nitrogens with one attached hydrogen (secondary N) is 2. The Hall–Kier alpha value is -3.33. The summed E-state index contributed by atoms with van der Waals surface area (Å²) in [5.74, 6) is 0.396. The molecular weight excluding hydrogens is 372 g/mol. The van der Waals surface area contributed by atoms with Crippen molar-refractivity contribution in [3.8, 4) is 11.3 Å². The summed E-state index contributed by atoms with van der Waals surface area (Å²) in [6.45, 7) is 1.49. The maximum absolute atomic E-state index is 10.6. The van der Waals surface area contributed by atoms with Gasteiger partial charge in [-0.3, -0.25) is 0 Å². The molecule has 1 atom stereocenters. The second-order valence-corrected chi connectivity index (χ2v) is 6.97. The quantitative estimate of drug-likeness (QED) is 0.472. The zero-order valence-electron chi connectivity index (χ0n) is 16.0. The molecule has 0 aliphatic carbocycles. The van der Waals surface area contributed by atoms with Crippen LogP contribution in [0.4, 0.5) is 16.3 Å². The molecular formula is C20H24N6O3. The maximum Gasteiger partial charge on any atom is 0.404 e. The van der Waals surface area contributed by atoms with Crippen LogP contribution in [0.1, 0.15) is 25.5 Å². The number of fused-ring (bicyclic) bond motifs is 1. The second kappa shape index (κ2) is 8.36. The Morgan fingerprint density at radius 2 is 2.17 bits per heavy atom. The Labute approximate surface area is 167 Å². The molecule has 1 aromatic carbocycles. The van der Waals surface area contributed by atoms with Gasteiger partial charge in [-0.15, -0.1) is 0 Å². The van der Waals surface area contributed by atoms with Crippen LogP contribution in [0.25, 0.3) is 22.2 Å². The number of hydrogen-bond acceptors (Lipinski definition) is 6. The summed E-state index contributed by atoms with van der Waals surface area (Å²) in [5.41, 5.74) is 9.53. The third kappa shape index (κ3) is 4.24. The molecule has 1 aliphatic rings. The number of nitrogen functional groups attached to an aromatic ring is 1. The van der Waals surface area contributed by atoms with Gasteiger partial charge in [0.15, 0.2) is 6.23 Å². The van der Waals surface area contributed by atoms with Crippen LogP contribution in [0, 0.1) is 0 Å². The van der Waals surface area contributed by atoms with Gasteiger partial charge in [-0.2, -0.15) is 5.10 Å². The van der Waals surface area contributed by atoms with E-state index >= 15 is 0 Å². The molecule has 1 unspecified atom stereocenters. The zero-order valence-corrected chi connectivity index (χ0v) is 16.0. The van der Waals surface area contributed by atoms with Crippen LogP contribution in [0.3, 0.4) is 0 Å². The molecule has 1 amide bonds. The van der Waals surface area contributed by atoms with Crippen LogP contribution < -0.4 is 16.4 Å². The second-order valence-electron chi connectivity index (χ2n) is 6.97. The molecule has 0 radical (unpaired) electrons. The smallest absolute Gasteiger partial charge is 0.404 e. The molecule has 1 aliphatic heterocycles. The third-order valence-corrected chi connectivity index (χ3v) is 4.94. The van der Waals surface area contributed by atoms with Gasteiger partial charge in [-0.25, -0.2) is 14.5 Å². The van der Waals surface area contributed by atoms with Gasteiger partial charge in [0, 0.05) is 48.6 Å². The fourth-order valence-corrected chi connectivity index (χ4v) is 3.61. The van der Waals surface area contributed by atoms with E-state index in [1.54, 1.807) is 12.3 Å². The Bertz CT molecular complexity index is 1010.